The Morgan fingerprint density at radius 1 is 1.23 bits per heavy atom. The van der Waals surface area contributed by atoms with Gasteiger partial charge >= 0.3 is 0 Å². The van der Waals surface area contributed by atoms with Gasteiger partial charge in [-0.2, -0.15) is 10.1 Å². The first-order valence-corrected chi connectivity index (χ1v) is 9.23. The van der Waals surface area contributed by atoms with Crippen molar-refractivity contribution in [1.82, 2.24) is 20.2 Å². The molecule has 3 N–H and O–H groups in total. The summed E-state index contributed by atoms with van der Waals surface area (Å²) >= 11 is 0. The van der Waals surface area contributed by atoms with Crippen molar-refractivity contribution in [3.63, 3.8) is 0 Å². The van der Waals surface area contributed by atoms with Gasteiger partial charge in [-0.3, -0.25) is 5.10 Å². The maximum Gasteiger partial charge on any atom is 0.229 e. The number of anilines is 3. The van der Waals surface area contributed by atoms with Gasteiger partial charge in [0.25, 0.3) is 0 Å². The number of sulfone groups is 1. The highest BCUT2D eigenvalue weighted by Gasteiger charge is 2.15. The van der Waals surface area contributed by atoms with Gasteiger partial charge in [0.15, 0.2) is 21.5 Å². The third-order valence-corrected chi connectivity index (χ3v) is 4.56. The molecular formula is C15H14F2N6O2S. The largest absolute Gasteiger partial charge is 0.363 e. The van der Waals surface area contributed by atoms with E-state index in [4.69, 9.17) is 0 Å². The van der Waals surface area contributed by atoms with Crippen LogP contribution < -0.4 is 10.6 Å². The molecule has 8 nitrogen and oxygen atoms in total. The quantitative estimate of drug-likeness (QED) is 0.562. The molecule has 0 atom stereocenters. The zero-order valence-electron chi connectivity index (χ0n) is 13.5. The zero-order valence-corrected chi connectivity index (χ0v) is 14.3. The molecule has 0 saturated heterocycles. The Morgan fingerprint density at radius 2 is 2.04 bits per heavy atom. The van der Waals surface area contributed by atoms with Gasteiger partial charge in [-0.15, -0.1) is 0 Å². The van der Waals surface area contributed by atoms with E-state index in [2.05, 4.69) is 30.8 Å². The third kappa shape index (κ3) is 4.11. The van der Waals surface area contributed by atoms with Crippen molar-refractivity contribution in [3.05, 3.63) is 54.0 Å². The fourth-order valence-electron chi connectivity index (χ4n) is 2.23. The fraction of sp³-hybridized carbons (Fsp3) is 0.133. The number of hydrogen-bond acceptors (Lipinski definition) is 7. The number of H-pyrrole nitrogens is 1. The molecule has 0 radical (unpaired) electrons. The van der Waals surface area contributed by atoms with Crippen LogP contribution in [0.25, 0.3) is 0 Å². The van der Waals surface area contributed by atoms with Crippen molar-refractivity contribution in [1.29, 1.82) is 0 Å². The summed E-state index contributed by atoms with van der Waals surface area (Å²) in [5, 5.41) is 11.8. The van der Waals surface area contributed by atoms with Gasteiger partial charge in [-0.05, 0) is 23.8 Å². The Balaban J connectivity index is 1.83. The maximum absolute atomic E-state index is 13.9. The second kappa shape index (κ2) is 7.04. The van der Waals surface area contributed by atoms with Crippen LogP contribution in [0.2, 0.25) is 0 Å². The van der Waals surface area contributed by atoms with Crippen molar-refractivity contribution in [3.8, 4) is 0 Å². The number of rotatable bonds is 6. The molecule has 0 amide bonds. The van der Waals surface area contributed by atoms with Gasteiger partial charge < -0.3 is 10.6 Å². The first kappa shape index (κ1) is 17.7. The minimum atomic E-state index is -3.56. The van der Waals surface area contributed by atoms with E-state index < -0.39 is 21.5 Å². The minimum absolute atomic E-state index is 0.0439. The van der Waals surface area contributed by atoms with Crippen molar-refractivity contribution in [2.24, 2.45) is 0 Å². The highest BCUT2D eigenvalue weighted by Crippen LogP contribution is 2.20. The Labute approximate surface area is 147 Å². The van der Waals surface area contributed by atoms with E-state index in [9.17, 15) is 17.2 Å². The van der Waals surface area contributed by atoms with Crippen LogP contribution in [-0.4, -0.2) is 34.8 Å². The molecular weight excluding hydrogens is 366 g/mol. The normalized spacial score (nSPS) is 11.3. The molecule has 11 heteroatoms. The molecule has 3 rings (SSSR count). The molecule has 2 aromatic heterocycles. The molecule has 0 saturated carbocycles. The number of aromatic amines is 1. The molecule has 1 aromatic carbocycles. The molecule has 0 spiro atoms. The van der Waals surface area contributed by atoms with E-state index >= 15 is 0 Å². The number of nitrogens with one attached hydrogen (secondary N) is 3. The molecule has 26 heavy (non-hydrogen) atoms. The smallest absolute Gasteiger partial charge is 0.229 e. The SMILES string of the molecule is CS(=O)(=O)c1ccc(F)cc1CNc1nc(Nc2cn[nH]c2)ncc1F. The maximum atomic E-state index is 13.9. The number of halogens is 2. The number of hydrogen-bond donors (Lipinski definition) is 3. The molecule has 0 aliphatic heterocycles. The lowest BCUT2D eigenvalue weighted by atomic mass is 10.2. The van der Waals surface area contributed by atoms with Crippen LogP contribution in [-0.2, 0) is 16.4 Å². The van der Waals surface area contributed by atoms with E-state index in [0.717, 1.165) is 24.6 Å². The van der Waals surface area contributed by atoms with Crippen LogP contribution >= 0.6 is 0 Å². The number of nitrogens with zero attached hydrogens (tertiary/aromatic N) is 3. The summed E-state index contributed by atoms with van der Waals surface area (Å²) in [5.74, 6) is -1.38. The summed E-state index contributed by atoms with van der Waals surface area (Å²) in [6, 6.07) is 3.30. The van der Waals surface area contributed by atoms with E-state index in [1.54, 1.807) is 6.20 Å². The van der Waals surface area contributed by atoms with E-state index in [1.807, 2.05) is 0 Å². The summed E-state index contributed by atoms with van der Waals surface area (Å²) in [7, 11) is -3.56. The summed E-state index contributed by atoms with van der Waals surface area (Å²) in [4.78, 5) is 7.74. The third-order valence-electron chi connectivity index (χ3n) is 3.37. The molecule has 136 valence electrons. The summed E-state index contributed by atoms with van der Waals surface area (Å²) in [5.41, 5.74) is 0.738. The predicted octanol–water partition coefficient (Wildman–Crippen LogP) is 2.24. The van der Waals surface area contributed by atoms with E-state index in [-0.39, 0.29) is 28.8 Å². The average Bonchev–Trinajstić information content (AvgIpc) is 3.07. The number of aromatic nitrogens is 4. The summed E-state index contributed by atoms with van der Waals surface area (Å²) in [6.45, 7) is -0.140. The predicted molar refractivity (Wildman–Crippen MR) is 90.7 cm³/mol. The van der Waals surface area contributed by atoms with Gasteiger partial charge in [-0.25, -0.2) is 22.2 Å². The van der Waals surface area contributed by atoms with Crippen molar-refractivity contribution in [2.75, 3.05) is 16.9 Å². The van der Waals surface area contributed by atoms with Gasteiger partial charge in [-0.1, -0.05) is 0 Å². The Kier molecular flexibility index (Phi) is 4.80. The molecule has 0 aliphatic carbocycles. The molecule has 3 aromatic rings. The lowest BCUT2D eigenvalue weighted by molar-refractivity contribution is 0.598. The Bertz CT molecular complexity index is 1020. The van der Waals surface area contributed by atoms with E-state index in [0.29, 0.717) is 5.69 Å². The van der Waals surface area contributed by atoms with Gasteiger partial charge in [0.05, 0.1) is 23.0 Å². The zero-order chi connectivity index (χ0) is 18.7. The number of benzene rings is 1. The lowest BCUT2D eigenvalue weighted by Gasteiger charge is -2.11. The van der Waals surface area contributed by atoms with Crippen LogP contribution in [0, 0.1) is 11.6 Å². The fourth-order valence-corrected chi connectivity index (χ4v) is 3.15. The van der Waals surface area contributed by atoms with Gasteiger partial charge in [0.2, 0.25) is 5.95 Å². The second-order valence-electron chi connectivity index (χ2n) is 5.38. The Morgan fingerprint density at radius 3 is 2.73 bits per heavy atom. The topological polar surface area (TPSA) is 113 Å². The lowest BCUT2D eigenvalue weighted by Crippen LogP contribution is -2.10. The van der Waals surface area contributed by atoms with Crippen LogP contribution in [0.5, 0.6) is 0 Å². The van der Waals surface area contributed by atoms with E-state index in [1.165, 1.54) is 12.3 Å². The monoisotopic (exact) mass is 380 g/mol. The molecule has 2 heterocycles. The second-order valence-corrected chi connectivity index (χ2v) is 7.36. The van der Waals surface area contributed by atoms with Crippen LogP contribution in [0.15, 0.2) is 41.7 Å². The van der Waals surface area contributed by atoms with Crippen molar-refractivity contribution in [2.45, 2.75) is 11.4 Å². The van der Waals surface area contributed by atoms with Crippen LogP contribution in [0.4, 0.5) is 26.2 Å². The highest BCUT2D eigenvalue weighted by molar-refractivity contribution is 7.90. The van der Waals surface area contributed by atoms with Gasteiger partial charge in [0.1, 0.15) is 5.82 Å². The van der Waals surface area contributed by atoms with Crippen molar-refractivity contribution < 1.29 is 17.2 Å². The van der Waals surface area contributed by atoms with Crippen LogP contribution in [0.3, 0.4) is 0 Å². The average molecular weight is 380 g/mol. The minimum Gasteiger partial charge on any atom is -0.363 e. The summed E-state index contributed by atoms with van der Waals surface area (Å²) < 4.78 is 51.0. The Hall–Kier alpha value is -3.08. The van der Waals surface area contributed by atoms with Crippen LogP contribution in [0.1, 0.15) is 5.56 Å². The van der Waals surface area contributed by atoms with Crippen molar-refractivity contribution >= 4 is 27.3 Å². The first-order chi connectivity index (χ1) is 12.3. The molecule has 0 aliphatic rings. The highest BCUT2D eigenvalue weighted by atomic mass is 32.2. The summed E-state index contributed by atoms with van der Waals surface area (Å²) in [6.07, 6.45) is 5.03. The molecule has 0 unspecified atom stereocenters. The standard InChI is InChI=1S/C15H14F2N6O2S/c1-26(24,25)13-3-2-10(16)4-9(13)5-18-14-12(17)8-19-15(23-14)22-11-6-20-21-7-11/h2-4,6-8H,5H2,1H3,(H,20,21)(H2,18,19,22,23). The van der Waals surface area contributed by atoms with Gasteiger partial charge in [0, 0.05) is 19.0 Å². The molecule has 0 fully saturated rings. The molecule has 0 bridgehead atoms. The first-order valence-electron chi connectivity index (χ1n) is 7.33.